The topological polar surface area (TPSA) is 47.6 Å². The van der Waals surface area contributed by atoms with Crippen molar-refractivity contribution in [3.63, 3.8) is 0 Å². The van der Waals surface area contributed by atoms with Gasteiger partial charge in [0.25, 0.3) is 0 Å². The largest absolute Gasteiger partial charge is 0.467 e. The van der Waals surface area contributed by atoms with Crippen LogP contribution < -0.4 is 5.32 Å². The Labute approximate surface area is 85.0 Å². The van der Waals surface area contributed by atoms with Gasteiger partial charge in [-0.1, -0.05) is 0 Å². The van der Waals surface area contributed by atoms with E-state index < -0.39 is 0 Å². The smallest absolute Gasteiger partial charge is 0.335 e. The summed E-state index contributed by atoms with van der Waals surface area (Å²) in [6.45, 7) is 4.39. The molecule has 0 saturated carbocycles. The lowest BCUT2D eigenvalue weighted by atomic mass is 9.92. The maximum atomic E-state index is 11.4. The van der Waals surface area contributed by atoms with E-state index in [0.29, 0.717) is 12.5 Å². The predicted molar refractivity (Wildman–Crippen MR) is 53.0 cm³/mol. The Morgan fingerprint density at radius 1 is 1.50 bits per heavy atom. The van der Waals surface area contributed by atoms with Gasteiger partial charge in [0.15, 0.2) is 6.10 Å². The van der Waals surface area contributed by atoms with Crippen molar-refractivity contribution in [1.29, 1.82) is 0 Å². The average molecular weight is 201 g/mol. The second-order valence-corrected chi connectivity index (χ2v) is 3.49. The lowest BCUT2D eigenvalue weighted by Crippen LogP contribution is -2.40. The summed E-state index contributed by atoms with van der Waals surface area (Å²) in [5.41, 5.74) is 0. The van der Waals surface area contributed by atoms with Crippen LogP contribution >= 0.6 is 0 Å². The third-order valence-electron chi connectivity index (χ3n) is 2.59. The third-order valence-corrected chi connectivity index (χ3v) is 2.59. The zero-order chi connectivity index (χ0) is 10.4. The van der Waals surface area contributed by atoms with E-state index in [1.54, 1.807) is 0 Å². The molecule has 1 N–H and O–H groups in total. The van der Waals surface area contributed by atoms with Crippen LogP contribution in [0.15, 0.2) is 0 Å². The van der Waals surface area contributed by atoms with Gasteiger partial charge < -0.3 is 14.8 Å². The fourth-order valence-corrected chi connectivity index (χ4v) is 1.84. The molecule has 0 radical (unpaired) electrons. The average Bonchev–Trinajstić information content (AvgIpc) is 2.26. The van der Waals surface area contributed by atoms with Crippen molar-refractivity contribution in [3.8, 4) is 0 Å². The fourth-order valence-electron chi connectivity index (χ4n) is 1.84. The summed E-state index contributed by atoms with van der Waals surface area (Å²) in [5.74, 6) is 0.0717. The second kappa shape index (κ2) is 5.98. The number of piperidine rings is 1. The standard InChI is InChI=1S/C10H19NO3/c1-3-14-9(10(12)13-2)8-4-6-11-7-5-8/h8-9,11H,3-7H2,1-2H3. The fraction of sp³-hybridized carbons (Fsp3) is 0.900. The first kappa shape index (κ1) is 11.5. The Morgan fingerprint density at radius 2 is 2.14 bits per heavy atom. The molecule has 1 saturated heterocycles. The van der Waals surface area contributed by atoms with Crippen LogP contribution in [0.2, 0.25) is 0 Å². The molecule has 1 rings (SSSR count). The lowest BCUT2D eigenvalue weighted by Gasteiger charge is -2.28. The first-order valence-corrected chi connectivity index (χ1v) is 5.19. The van der Waals surface area contributed by atoms with E-state index in [2.05, 4.69) is 5.32 Å². The molecule has 0 aromatic carbocycles. The molecule has 1 fully saturated rings. The number of esters is 1. The minimum Gasteiger partial charge on any atom is -0.467 e. The van der Waals surface area contributed by atoms with Crippen molar-refractivity contribution in [2.45, 2.75) is 25.9 Å². The van der Waals surface area contributed by atoms with Crippen LogP contribution in [0.3, 0.4) is 0 Å². The predicted octanol–water partition coefficient (Wildman–Crippen LogP) is 0.564. The SMILES string of the molecule is CCOC(C(=O)OC)C1CCNCC1. The number of hydrogen-bond donors (Lipinski definition) is 1. The zero-order valence-electron chi connectivity index (χ0n) is 8.91. The van der Waals surface area contributed by atoms with E-state index in [0.717, 1.165) is 25.9 Å². The minimum atomic E-state index is -0.368. The lowest BCUT2D eigenvalue weighted by molar-refractivity contribution is -0.158. The first-order chi connectivity index (χ1) is 6.79. The molecule has 1 aliphatic rings. The summed E-state index contributed by atoms with van der Waals surface area (Å²) >= 11 is 0. The summed E-state index contributed by atoms with van der Waals surface area (Å²) in [5, 5.41) is 3.26. The molecule has 1 atom stereocenters. The molecule has 4 nitrogen and oxygen atoms in total. The molecule has 0 aromatic heterocycles. The van der Waals surface area contributed by atoms with Crippen LogP contribution in [0, 0.1) is 5.92 Å². The van der Waals surface area contributed by atoms with Gasteiger partial charge in [-0.25, -0.2) is 4.79 Å². The Kier molecular flexibility index (Phi) is 4.90. The Balaban J connectivity index is 2.50. The van der Waals surface area contributed by atoms with E-state index in [1.165, 1.54) is 7.11 Å². The molecule has 4 heteroatoms. The molecule has 0 amide bonds. The van der Waals surface area contributed by atoms with Crippen molar-refractivity contribution in [2.75, 3.05) is 26.8 Å². The number of rotatable bonds is 4. The highest BCUT2D eigenvalue weighted by Gasteiger charge is 2.30. The number of nitrogens with one attached hydrogen (secondary N) is 1. The Bertz CT molecular complexity index is 178. The quantitative estimate of drug-likeness (QED) is 0.675. The van der Waals surface area contributed by atoms with E-state index in [9.17, 15) is 4.79 Å². The van der Waals surface area contributed by atoms with Gasteiger partial charge in [-0.3, -0.25) is 0 Å². The van der Waals surface area contributed by atoms with Gasteiger partial charge in [0, 0.05) is 6.61 Å². The number of ether oxygens (including phenoxy) is 2. The highest BCUT2D eigenvalue weighted by atomic mass is 16.6. The molecule has 82 valence electrons. The van der Waals surface area contributed by atoms with Crippen molar-refractivity contribution >= 4 is 5.97 Å². The molecular formula is C10H19NO3. The Hall–Kier alpha value is -0.610. The highest BCUT2D eigenvalue weighted by molar-refractivity contribution is 5.74. The van der Waals surface area contributed by atoms with Crippen LogP contribution in [-0.4, -0.2) is 38.9 Å². The van der Waals surface area contributed by atoms with E-state index in [4.69, 9.17) is 9.47 Å². The molecule has 1 aliphatic heterocycles. The zero-order valence-corrected chi connectivity index (χ0v) is 8.91. The normalized spacial score (nSPS) is 20.4. The van der Waals surface area contributed by atoms with Gasteiger partial charge in [-0.2, -0.15) is 0 Å². The molecule has 0 aromatic rings. The van der Waals surface area contributed by atoms with Crippen molar-refractivity contribution in [3.05, 3.63) is 0 Å². The van der Waals surface area contributed by atoms with E-state index >= 15 is 0 Å². The summed E-state index contributed by atoms with van der Waals surface area (Å²) in [6.07, 6.45) is 1.60. The van der Waals surface area contributed by atoms with E-state index in [-0.39, 0.29) is 12.1 Å². The van der Waals surface area contributed by atoms with Gasteiger partial charge in [0.2, 0.25) is 0 Å². The number of methoxy groups -OCH3 is 1. The van der Waals surface area contributed by atoms with Crippen LogP contribution in [0.1, 0.15) is 19.8 Å². The van der Waals surface area contributed by atoms with Crippen LogP contribution in [0.4, 0.5) is 0 Å². The third kappa shape index (κ3) is 2.96. The molecular weight excluding hydrogens is 182 g/mol. The second-order valence-electron chi connectivity index (χ2n) is 3.49. The number of carbonyl (C=O) groups is 1. The number of hydrogen-bond acceptors (Lipinski definition) is 4. The highest BCUT2D eigenvalue weighted by Crippen LogP contribution is 2.19. The van der Waals surface area contributed by atoms with Crippen LogP contribution in [0.25, 0.3) is 0 Å². The summed E-state index contributed by atoms with van der Waals surface area (Å²) in [6, 6.07) is 0. The summed E-state index contributed by atoms with van der Waals surface area (Å²) < 4.78 is 10.2. The van der Waals surface area contributed by atoms with Gasteiger partial charge in [0.05, 0.1) is 7.11 Å². The van der Waals surface area contributed by atoms with Crippen molar-refractivity contribution < 1.29 is 14.3 Å². The van der Waals surface area contributed by atoms with Gasteiger partial charge >= 0.3 is 5.97 Å². The van der Waals surface area contributed by atoms with E-state index in [1.807, 2.05) is 6.92 Å². The number of carbonyl (C=O) groups excluding carboxylic acids is 1. The minimum absolute atomic E-state index is 0.237. The van der Waals surface area contributed by atoms with Crippen molar-refractivity contribution in [1.82, 2.24) is 5.32 Å². The molecule has 0 spiro atoms. The van der Waals surface area contributed by atoms with Crippen LogP contribution in [0.5, 0.6) is 0 Å². The van der Waals surface area contributed by atoms with Crippen molar-refractivity contribution in [2.24, 2.45) is 5.92 Å². The molecule has 1 unspecified atom stereocenters. The molecule has 0 bridgehead atoms. The van der Waals surface area contributed by atoms with Crippen LogP contribution in [-0.2, 0) is 14.3 Å². The monoisotopic (exact) mass is 201 g/mol. The summed E-state index contributed by atoms with van der Waals surface area (Å²) in [7, 11) is 1.41. The molecule has 14 heavy (non-hydrogen) atoms. The van der Waals surface area contributed by atoms with Gasteiger partial charge in [0.1, 0.15) is 0 Å². The maximum absolute atomic E-state index is 11.4. The molecule has 0 aliphatic carbocycles. The maximum Gasteiger partial charge on any atom is 0.335 e. The Morgan fingerprint density at radius 3 is 2.64 bits per heavy atom. The first-order valence-electron chi connectivity index (χ1n) is 5.19. The van der Waals surface area contributed by atoms with Gasteiger partial charge in [-0.05, 0) is 38.8 Å². The molecule has 1 heterocycles. The summed E-state index contributed by atoms with van der Waals surface area (Å²) in [4.78, 5) is 11.4. The van der Waals surface area contributed by atoms with Gasteiger partial charge in [-0.15, -0.1) is 0 Å².